The zero-order chi connectivity index (χ0) is 17.6. The largest absolute Gasteiger partial charge is 0.350 e. The van der Waals surface area contributed by atoms with Crippen molar-refractivity contribution in [1.29, 1.82) is 0 Å². The van der Waals surface area contributed by atoms with Crippen molar-refractivity contribution >= 4 is 17.2 Å². The molecule has 0 bridgehead atoms. The average molecular weight is 361 g/mol. The van der Waals surface area contributed by atoms with E-state index in [-0.39, 0.29) is 11.5 Å². The molecule has 3 rings (SSSR count). The van der Waals surface area contributed by atoms with Gasteiger partial charge in [-0.05, 0) is 32.4 Å². The summed E-state index contributed by atoms with van der Waals surface area (Å²) in [5.41, 5.74) is 2.39. The number of likely N-dealkylation sites (tertiary alicyclic amines) is 1. The van der Waals surface area contributed by atoms with Crippen molar-refractivity contribution in [3.05, 3.63) is 44.8 Å². The fourth-order valence-corrected chi connectivity index (χ4v) is 3.89. The van der Waals surface area contributed by atoms with Gasteiger partial charge in [-0.3, -0.25) is 14.5 Å². The van der Waals surface area contributed by atoms with Crippen LogP contribution in [0.1, 0.15) is 34.6 Å². The third-order valence-corrected chi connectivity index (χ3v) is 5.51. The highest BCUT2D eigenvalue weighted by atomic mass is 32.1. The lowest BCUT2D eigenvalue weighted by molar-refractivity contribution is 0.0912. The predicted octanol–water partition coefficient (Wildman–Crippen LogP) is 1.29. The van der Waals surface area contributed by atoms with Gasteiger partial charge in [-0.25, -0.2) is 9.67 Å². The fourth-order valence-electron chi connectivity index (χ4n) is 3.17. The molecule has 3 heterocycles. The molecule has 8 heteroatoms. The van der Waals surface area contributed by atoms with E-state index < -0.39 is 0 Å². The molecule has 2 aromatic heterocycles. The first-order chi connectivity index (χ1) is 12.1. The Kier molecular flexibility index (Phi) is 5.93. The monoisotopic (exact) mass is 361 g/mol. The molecule has 1 atom stereocenters. The molecule has 1 aliphatic rings. The molecule has 1 amide bonds. The highest BCUT2D eigenvalue weighted by Gasteiger charge is 2.23. The number of nitrogens with one attached hydrogen (secondary N) is 1. The van der Waals surface area contributed by atoms with Gasteiger partial charge < -0.3 is 5.32 Å². The van der Waals surface area contributed by atoms with Gasteiger partial charge in [0.2, 0.25) is 0 Å². The first kappa shape index (κ1) is 17.8. The zero-order valence-corrected chi connectivity index (χ0v) is 15.2. The van der Waals surface area contributed by atoms with E-state index >= 15 is 0 Å². The lowest BCUT2D eigenvalue weighted by Gasteiger charge is -2.35. The van der Waals surface area contributed by atoms with Crippen LogP contribution in [0, 0.1) is 6.92 Å². The topological polar surface area (TPSA) is 80.1 Å². The summed E-state index contributed by atoms with van der Waals surface area (Å²) < 4.78 is 1.49. The number of hydrogen-bond donors (Lipinski definition) is 1. The summed E-state index contributed by atoms with van der Waals surface area (Å²) in [5, 5.41) is 7.15. The molecule has 1 aliphatic heterocycles. The van der Waals surface area contributed by atoms with Crippen LogP contribution in [-0.4, -0.2) is 51.2 Å². The zero-order valence-electron chi connectivity index (χ0n) is 14.4. The summed E-state index contributed by atoms with van der Waals surface area (Å²) in [6.07, 6.45) is 5.00. The van der Waals surface area contributed by atoms with Gasteiger partial charge in [-0.15, -0.1) is 11.3 Å². The number of rotatable bonds is 6. The Bertz CT molecular complexity index is 772. The molecule has 2 aromatic rings. The molecule has 0 spiro atoms. The second kappa shape index (κ2) is 8.35. The molecule has 1 N–H and O–H groups in total. The Labute approximate surface area is 150 Å². The SMILES string of the molecule is Cc1ncsc1C(=O)NCC1CCCCN1CCn1ncccc1=O. The number of carbonyl (C=O) groups is 1. The van der Waals surface area contributed by atoms with Crippen LogP contribution < -0.4 is 10.9 Å². The number of carbonyl (C=O) groups excluding carboxylic acids is 1. The molecule has 1 unspecified atom stereocenters. The Morgan fingerprint density at radius 1 is 1.40 bits per heavy atom. The molecule has 134 valence electrons. The van der Waals surface area contributed by atoms with E-state index in [1.54, 1.807) is 17.8 Å². The molecular formula is C17H23N5O2S. The van der Waals surface area contributed by atoms with Crippen molar-refractivity contribution in [2.45, 2.75) is 38.8 Å². The van der Waals surface area contributed by atoms with Gasteiger partial charge in [-0.1, -0.05) is 6.42 Å². The number of amides is 1. The van der Waals surface area contributed by atoms with Crippen LogP contribution in [0.2, 0.25) is 0 Å². The molecule has 0 radical (unpaired) electrons. The number of aromatic nitrogens is 3. The van der Waals surface area contributed by atoms with Crippen molar-refractivity contribution in [1.82, 2.24) is 25.0 Å². The minimum atomic E-state index is -0.0787. The van der Waals surface area contributed by atoms with Gasteiger partial charge in [0.15, 0.2) is 0 Å². The van der Waals surface area contributed by atoms with E-state index in [9.17, 15) is 9.59 Å². The highest BCUT2D eigenvalue weighted by molar-refractivity contribution is 7.11. The van der Waals surface area contributed by atoms with Crippen molar-refractivity contribution in [2.24, 2.45) is 0 Å². The van der Waals surface area contributed by atoms with Gasteiger partial charge in [0, 0.05) is 31.4 Å². The fraction of sp³-hybridized carbons (Fsp3) is 0.529. The lowest BCUT2D eigenvalue weighted by atomic mass is 10.0. The quantitative estimate of drug-likeness (QED) is 0.839. The highest BCUT2D eigenvalue weighted by Crippen LogP contribution is 2.17. The van der Waals surface area contributed by atoms with E-state index in [4.69, 9.17) is 0 Å². The standard InChI is InChI=1S/C17H23N5O2S/c1-13-16(25-12-19-13)17(24)18-11-14-5-2-3-8-21(14)9-10-22-15(23)6-4-7-20-22/h4,6-7,12,14H,2-3,5,8-11H2,1H3,(H,18,24). The van der Waals surface area contributed by atoms with E-state index in [0.29, 0.717) is 24.0 Å². The molecule has 7 nitrogen and oxygen atoms in total. The second-order valence-corrected chi connectivity index (χ2v) is 7.10. The predicted molar refractivity (Wildman–Crippen MR) is 96.9 cm³/mol. The van der Waals surface area contributed by atoms with Gasteiger partial charge >= 0.3 is 0 Å². The minimum Gasteiger partial charge on any atom is -0.350 e. The maximum absolute atomic E-state index is 12.3. The number of nitrogens with zero attached hydrogens (tertiary/aromatic N) is 4. The summed E-state index contributed by atoms with van der Waals surface area (Å²) in [7, 11) is 0. The van der Waals surface area contributed by atoms with Crippen molar-refractivity contribution in [3.63, 3.8) is 0 Å². The van der Waals surface area contributed by atoms with Gasteiger partial charge in [0.25, 0.3) is 11.5 Å². The molecule has 0 saturated carbocycles. The van der Waals surface area contributed by atoms with Gasteiger partial charge in [-0.2, -0.15) is 5.10 Å². The Morgan fingerprint density at radius 2 is 2.28 bits per heavy atom. The Morgan fingerprint density at radius 3 is 3.04 bits per heavy atom. The summed E-state index contributed by atoms with van der Waals surface area (Å²) in [4.78, 5) is 31.2. The third-order valence-electron chi connectivity index (χ3n) is 4.58. The first-order valence-electron chi connectivity index (χ1n) is 8.59. The molecular weight excluding hydrogens is 338 g/mol. The van der Waals surface area contributed by atoms with Gasteiger partial charge in [0.05, 0.1) is 17.7 Å². The first-order valence-corrected chi connectivity index (χ1v) is 9.47. The molecule has 1 fully saturated rings. The van der Waals surface area contributed by atoms with E-state index in [1.807, 2.05) is 6.92 Å². The van der Waals surface area contributed by atoms with E-state index in [2.05, 4.69) is 20.3 Å². The number of aryl methyl sites for hydroxylation is 1. The summed E-state index contributed by atoms with van der Waals surface area (Å²) in [6.45, 7) is 4.78. The summed E-state index contributed by atoms with van der Waals surface area (Å²) >= 11 is 1.37. The molecule has 0 aliphatic carbocycles. The number of piperidine rings is 1. The van der Waals surface area contributed by atoms with Crippen molar-refractivity contribution in [2.75, 3.05) is 19.6 Å². The molecule has 25 heavy (non-hydrogen) atoms. The second-order valence-electron chi connectivity index (χ2n) is 6.25. The maximum Gasteiger partial charge on any atom is 0.266 e. The van der Waals surface area contributed by atoms with E-state index in [0.717, 1.165) is 31.6 Å². The number of thiazole rings is 1. The van der Waals surface area contributed by atoms with Crippen LogP contribution >= 0.6 is 11.3 Å². The average Bonchev–Trinajstić information content (AvgIpc) is 3.06. The van der Waals surface area contributed by atoms with Crippen LogP contribution in [-0.2, 0) is 6.54 Å². The van der Waals surface area contributed by atoms with Crippen LogP contribution in [0.4, 0.5) is 0 Å². The van der Waals surface area contributed by atoms with Crippen molar-refractivity contribution in [3.8, 4) is 0 Å². The molecule has 1 saturated heterocycles. The van der Waals surface area contributed by atoms with Gasteiger partial charge in [0.1, 0.15) is 4.88 Å². The van der Waals surface area contributed by atoms with Crippen LogP contribution in [0.25, 0.3) is 0 Å². The van der Waals surface area contributed by atoms with Crippen LogP contribution in [0.3, 0.4) is 0 Å². The van der Waals surface area contributed by atoms with Crippen LogP contribution in [0.15, 0.2) is 28.6 Å². The summed E-state index contributed by atoms with van der Waals surface area (Å²) in [5.74, 6) is -0.0496. The maximum atomic E-state index is 12.3. The lowest BCUT2D eigenvalue weighted by Crippen LogP contribution is -2.48. The normalized spacial score (nSPS) is 18.2. The van der Waals surface area contributed by atoms with Crippen molar-refractivity contribution < 1.29 is 4.79 Å². The Hall–Kier alpha value is -2.06. The minimum absolute atomic E-state index is 0.0496. The van der Waals surface area contributed by atoms with E-state index in [1.165, 1.54) is 28.5 Å². The summed E-state index contributed by atoms with van der Waals surface area (Å²) in [6, 6.07) is 3.47. The number of hydrogen-bond acceptors (Lipinski definition) is 6. The smallest absolute Gasteiger partial charge is 0.266 e. The van der Waals surface area contributed by atoms with Crippen LogP contribution in [0.5, 0.6) is 0 Å². The third kappa shape index (κ3) is 4.52. The Balaban J connectivity index is 1.55. The molecule has 0 aromatic carbocycles.